The summed E-state index contributed by atoms with van der Waals surface area (Å²) in [5.74, 6) is 5.07. The predicted octanol–water partition coefficient (Wildman–Crippen LogP) is 27.7. The van der Waals surface area contributed by atoms with Gasteiger partial charge in [-0.25, -0.2) is 0 Å². The van der Waals surface area contributed by atoms with E-state index in [9.17, 15) is 0 Å². The first-order valence-corrected chi connectivity index (χ1v) is 38.3. The van der Waals surface area contributed by atoms with Crippen molar-refractivity contribution in [3.05, 3.63) is 348 Å². The number of hydrogen-bond acceptors (Lipinski definition) is 2. The first-order chi connectivity index (χ1) is 50.3. The Morgan fingerprint density at radius 2 is 0.573 bits per heavy atom. The molecule has 0 aromatic heterocycles. The molecule has 7 aliphatic carbocycles. The van der Waals surface area contributed by atoms with Crippen LogP contribution in [0, 0.1) is 23.7 Å². The van der Waals surface area contributed by atoms with E-state index in [1.54, 1.807) is 0 Å². The smallest absolute Gasteiger partial charge is 0.0468 e. The topological polar surface area (TPSA) is 6.48 Å². The van der Waals surface area contributed by atoms with Gasteiger partial charge in [0.1, 0.15) is 0 Å². The Hall–Kier alpha value is -10.5. The maximum atomic E-state index is 2.52. The van der Waals surface area contributed by atoms with Crippen LogP contribution in [0.25, 0.3) is 77.9 Å². The minimum absolute atomic E-state index is 0.0100. The van der Waals surface area contributed by atoms with E-state index in [1.807, 2.05) is 0 Å². The van der Waals surface area contributed by atoms with E-state index in [1.165, 1.54) is 191 Å². The summed E-state index contributed by atoms with van der Waals surface area (Å²) in [6.07, 6.45) is 11.3. The van der Waals surface area contributed by atoms with Gasteiger partial charge in [0.25, 0.3) is 0 Å². The second-order valence-corrected chi connectivity index (χ2v) is 32.7. The number of benzene rings is 13. The van der Waals surface area contributed by atoms with Crippen molar-refractivity contribution in [3.63, 3.8) is 0 Å². The van der Waals surface area contributed by atoms with Crippen molar-refractivity contribution in [2.45, 2.75) is 121 Å². The quantitative estimate of drug-likeness (QED) is 0.120. The van der Waals surface area contributed by atoms with Gasteiger partial charge in [0.05, 0.1) is 0 Å². The van der Waals surface area contributed by atoms with E-state index >= 15 is 0 Å². The normalized spacial score (nSPS) is 20.3. The van der Waals surface area contributed by atoms with Crippen LogP contribution in [0.3, 0.4) is 0 Å². The van der Waals surface area contributed by atoms with E-state index in [4.69, 9.17) is 0 Å². The molecule has 0 heterocycles. The van der Waals surface area contributed by atoms with Crippen molar-refractivity contribution in [2.75, 3.05) is 9.80 Å². The molecule has 0 aliphatic heterocycles. The average molecular weight is 1330 g/mol. The molecule has 20 rings (SSSR count). The molecular weight excluding hydrogens is 1240 g/mol. The van der Waals surface area contributed by atoms with E-state index in [0.717, 1.165) is 46.7 Å². The minimum Gasteiger partial charge on any atom is -0.310 e. The summed E-state index contributed by atoms with van der Waals surface area (Å²) in [5.41, 5.74) is 36.7. The number of rotatable bonds is 12. The first-order valence-electron chi connectivity index (χ1n) is 38.3. The van der Waals surface area contributed by atoms with Gasteiger partial charge in [-0.1, -0.05) is 279 Å². The molecule has 4 saturated carbocycles. The van der Waals surface area contributed by atoms with Gasteiger partial charge in [0.2, 0.25) is 0 Å². The highest BCUT2D eigenvalue weighted by molar-refractivity contribution is 5.91. The molecular formula is C101H90N2. The van der Waals surface area contributed by atoms with Crippen molar-refractivity contribution in [1.29, 1.82) is 0 Å². The van der Waals surface area contributed by atoms with E-state index in [-0.39, 0.29) is 16.2 Å². The molecule has 13 aromatic carbocycles. The number of nitrogens with zero attached hydrogens (tertiary/aromatic N) is 2. The number of hydrogen-bond donors (Lipinski definition) is 0. The molecule has 0 radical (unpaired) electrons. The molecule has 0 N–H and O–H groups in total. The third kappa shape index (κ3) is 10.8. The standard InChI is InChI=1S/C52H45N.C49H45N/c1-52(2)50-16-10-9-15-46(50)49-34-44(28-30-51(49)52)53(42-24-19-37(20-25-42)36-11-5-3-6-12-36)43-26-21-39(22-27-43)45-29-23-41(47-32-35-17-18-40(47)31-35)33-48(45)38-13-7-4-8-14-38;1-48(2)44-11-7-5-9-39(44)41-25-19-34(29-46(41)48)32-15-20-36(21-16-32)50(37-22-17-33(18-23-37)43-28-31-13-14-35(43)27-31)38-24-26-42-40-10-6-8-12-45(40)49(3,4)47(42)30-38/h3-16,19-30,33-35,40,47H,17-18,31-32H2,1-2H3;5-12,15-26,29-31,35,43H,13-14,27-28H2,1-4H3. The van der Waals surface area contributed by atoms with Crippen LogP contribution >= 0.6 is 0 Å². The fourth-order valence-electron chi connectivity index (χ4n) is 20.6. The zero-order valence-electron chi connectivity index (χ0n) is 60.4. The zero-order valence-corrected chi connectivity index (χ0v) is 60.4. The fraction of sp³-hybridized carbons (Fsp3) is 0.228. The Labute approximate surface area is 610 Å². The van der Waals surface area contributed by atoms with Crippen molar-refractivity contribution < 1.29 is 0 Å². The van der Waals surface area contributed by atoms with E-state index in [2.05, 4.69) is 355 Å². The molecule has 2 heteroatoms. The highest BCUT2D eigenvalue weighted by atomic mass is 15.1. The highest BCUT2D eigenvalue weighted by Gasteiger charge is 2.43. The summed E-state index contributed by atoms with van der Waals surface area (Å²) >= 11 is 0. The van der Waals surface area contributed by atoms with Crippen LogP contribution in [0.5, 0.6) is 0 Å². The molecule has 4 bridgehead atoms. The SMILES string of the molecule is CC1(C)c2ccccc2-c2cc(N(c3ccc(-c4ccccc4)cc3)c3ccc(-c4ccc(C5CC6CCC5C6)cc4-c4ccccc4)cc3)ccc21.CC1(C)c2ccccc2-c2ccc(-c3ccc(N(c4ccc(C5CC6CCC5C6)cc4)c4ccc5c(c4)C(C)(C)c4ccccc4-5)cc3)cc21. The average Bonchev–Trinajstić information content (AvgIpc) is 1.59. The molecule has 504 valence electrons. The predicted molar refractivity (Wildman–Crippen MR) is 433 cm³/mol. The van der Waals surface area contributed by atoms with E-state index < -0.39 is 0 Å². The lowest BCUT2D eigenvalue weighted by Gasteiger charge is -2.29. The third-order valence-electron chi connectivity index (χ3n) is 26.0. The summed E-state index contributed by atoms with van der Waals surface area (Å²) in [7, 11) is 0. The monoisotopic (exact) mass is 1330 g/mol. The van der Waals surface area contributed by atoms with Crippen LogP contribution in [0.2, 0.25) is 0 Å². The number of anilines is 6. The highest BCUT2D eigenvalue weighted by Crippen LogP contribution is 2.58. The fourth-order valence-corrected chi connectivity index (χ4v) is 20.6. The summed E-state index contributed by atoms with van der Waals surface area (Å²) in [4.78, 5) is 4.89. The van der Waals surface area contributed by atoms with Gasteiger partial charge < -0.3 is 9.80 Å². The molecule has 4 fully saturated rings. The van der Waals surface area contributed by atoms with Gasteiger partial charge in [-0.2, -0.15) is 0 Å². The van der Waals surface area contributed by atoms with Crippen LogP contribution in [0.1, 0.15) is 149 Å². The lowest BCUT2D eigenvalue weighted by Crippen LogP contribution is -2.16. The Morgan fingerprint density at radius 1 is 0.223 bits per heavy atom. The van der Waals surface area contributed by atoms with Crippen molar-refractivity contribution >= 4 is 34.1 Å². The molecule has 0 spiro atoms. The Bertz CT molecular complexity index is 5390. The van der Waals surface area contributed by atoms with E-state index in [0.29, 0.717) is 5.92 Å². The van der Waals surface area contributed by atoms with Crippen LogP contribution < -0.4 is 9.80 Å². The summed E-state index contributed by atoms with van der Waals surface area (Å²) in [5, 5.41) is 0. The van der Waals surface area contributed by atoms with Crippen molar-refractivity contribution in [3.8, 4) is 77.9 Å². The second kappa shape index (κ2) is 24.9. The van der Waals surface area contributed by atoms with Gasteiger partial charge in [-0.3, -0.25) is 0 Å². The summed E-state index contributed by atoms with van der Waals surface area (Å²) < 4.78 is 0. The Balaban J connectivity index is 0.000000142. The minimum atomic E-state index is -0.0515. The second-order valence-electron chi connectivity index (χ2n) is 32.7. The van der Waals surface area contributed by atoms with Crippen LogP contribution in [-0.4, -0.2) is 0 Å². The molecule has 6 atom stereocenters. The molecule has 0 amide bonds. The summed E-state index contributed by atoms with van der Waals surface area (Å²) in [6, 6.07) is 114. The van der Waals surface area contributed by atoms with Crippen molar-refractivity contribution in [1.82, 2.24) is 0 Å². The van der Waals surface area contributed by atoms with Crippen LogP contribution in [0.4, 0.5) is 34.1 Å². The molecule has 2 nitrogen and oxygen atoms in total. The summed E-state index contributed by atoms with van der Waals surface area (Å²) in [6.45, 7) is 14.2. The van der Waals surface area contributed by atoms with Gasteiger partial charge >= 0.3 is 0 Å². The Kier molecular flexibility index (Phi) is 15.3. The molecule has 0 saturated heterocycles. The van der Waals surface area contributed by atoms with Crippen molar-refractivity contribution in [2.24, 2.45) is 23.7 Å². The lowest BCUT2D eigenvalue weighted by molar-refractivity contribution is 0.420. The molecule has 6 unspecified atom stereocenters. The third-order valence-corrected chi connectivity index (χ3v) is 26.0. The molecule has 13 aromatic rings. The van der Waals surface area contributed by atoms with Gasteiger partial charge in [0.15, 0.2) is 0 Å². The first kappa shape index (κ1) is 63.4. The van der Waals surface area contributed by atoms with Gasteiger partial charge in [0, 0.05) is 50.4 Å². The van der Waals surface area contributed by atoms with Crippen LogP contribution in [-0.2, 0) is 16.2 Å². The largest absolute Gasteiger partial charge is 0.310 e. The molecule has 7 aliphatic rings. The maximum absolute atomic E-state index is 2.52. The van der Waals surface area contributed by atoms with Gasteiger partial charge in [-0.15, -0.1) is 0 Å². The lowest BCUT2D eigenvalue weighted by atomic mass is 9.81. The van der Waals surface area contributed by atoms with Gasteiger partial charge in [-0.05, 0) is 275 Å². The van der Waals surface area contributed by atoms with Crippen LogP contribution in [0.15, 0.2) is 303 Å². The Morgan fingerprint density at radius 3 is 1.10 bits per heavy atom. The zero-order chi connectivity index (χ0) is 69.3. The maximum Gasteiger partial charge on any atom is 0.0468 e. The molecule has 103 heavy (non-hydrogen) atoms. The number of fused-ring (bicyclic) bond motifs is 13.